The summed E-state index contributed by atoms with van der Waals surface area (Å²) in [4.78, 5) is 28.7. The van der Waals surface area contributed by atoms with Crippen LogP contribution in [0.15, 0.2) is 72.1 Å². The predicted molar refractivity (Wildman–Crippen MR) is 121 cm³/mol. The fourth-order valence-corrected chi connectivity index (χ4v) is 4.76. The van der Waals surface area contributed by atoms with Crippen LogP contribution in [-0.2, 0) is 22.4 Å². The molecule has 2 heterocycles. The van der Waals surface area contributed by atoms with Crippen molar-refractivity contribution in [1.29, 1.82) is 0 Å². The first-order chi connectivity index (χ1) is 14.7. The van der Waals surface area contributed by atoms with Gasteiger partial charge in [-0.05, 0) is 41.0 Å². The molecule has 4 rings (SSSR count). The molecule has 1 fully saturated rings. The molecule has 4 nitrogen and oxygen atoms in total. The smallest absolute Gasteiger partial charge is 0.225 e. The molecule has 1 aromatic heterocycles. The van der Waals surface area contributed by atoms with Crippen molar-refractivity contribution in [2.45, 2.75) is 19.3 Å². The van der Waals surface area contributed by atoms with Crippen molar-refractivity contribution in [3.05, 3.63) is 83.2 Å². The van der Waals surface area contributed by atoms with Gasteiger partial charge >= 0.3 is 0 Å². The Kier molecular flexibility index (Phi) is 6.60. The molecular weight excluding hydrogens is 392 g/mol. The first-order valence-electron chi connectivity index (χ1n) is 10.4. The second-order valence-electron chi connectivity index (χ2n) is 7.65. The van der Waals surface area contributed by atoms with E-state index in [0.29, 0.717) is 32.5 Å². The maximum Gasteiger partial charge on any atom is 0.225 e. The third-order valence-electron chi connectivity index (χ3n) is 5.59. The van der Waals surface area contributed by atoms with Crippen LogP contribution in [0.5, 0.6) is 0 Å². The highest BCUT2D eigenvalue weighted by atomic mass is 32.1. The van der Waals surface area contributed by atoms with E-state index in [9.17, 15) is 9.59 Å². The Hall–Kier alpha value is -2.92. The minimum Gasteiger partial charge on any atom is -0.354 e. The van der Waals surface area contributed by atoms with E-state index in [1.807, 2.05) is 53.4 Å². The number of carbonyl (C=O) groups is 2. The molecule has 154 valence electrons. The van der Waals surface area contributed by atoms with Gasteiger partial charge in [0.25, 0.3) is 0 Å². The highest BCUT2D eigenvalue weighted by molar-refractivity contribution is 7.13. The molecular formula is C25H26N2O2S. The number of hydrogen-bond donors (Lipinski definition) is 1. The second kappa shape index (κ2) is 9.72. The van der Waals surface area contributed by atoms with Crippen LogP contribution in [0.2, 0.25) is 0 Å². The summed E-state index contributed by atoms with van der Waals surface area (Å²) in [7, 11) is 0. The van der Waals surface area contributed by atoms with Crippen LogP contribution in [0.4, 0.5) is 0 Å². The van der Waals surface area contributed by atoms with Gasteiger partial charge in [0.15, 0.2) is 0 Å². The molecule has 0 saturated carbocycles. The van der Waals surface area contributed by atoms with E-state index in [-0.39, 0.29) is 17.7 Å². The minimum atomic E-state index is -0.241. The number of thiophene rings is 1. The quantitative estimate of drug-likeness (QED) is 0.653. The SMILES string of the molecule is O=C1NCCN(C(=O)CCc2ccccc2)CC1Cc1ccccc1-c1cccs1. The average Bonchev–Trinajstić information content (AvgIpc) is 3.25. The summed E-state index contributed by atoms with van der Waals surface area (Å²) in [6, 6.07) is 22.5. The second-order valence-corrected chi connectivity index (χ2v) is 8.60. The molecule has 1 unspecified atom stereocenters. The van der Waals surface area contributed by atoms with E-state index in [2.05, 4.69) is 28.9 Å². The number of hydrogen-bond acceptors (Lipinski definition) is 3. The van der Waals surface area contributed by atoms with Gasteiger partial charge in [-0.2, -0.15) is 0 Å². The summed E-state index contributed by atoms with van der Waals surface area (Å²) in [5, 5.41) is 5.06. The van der Waals surface area contributed by atoms with E-state index in [1.165, 1.54) is 10.4 Å². The zero-order valence-electron chi connectivity index (χ0n) is 16.9. The van der Waals surface area contributed by atoms with Crippen molar-refractivity contribution < 1.29 is 9.59 Å². The van der Waals surface area contributed by atoms with E-state index in [4.69, 9.17) is 0 Å². The Labute approximate surface area is 181 Å². The Balaban J connectivity index is 1.45. The van der Waals surface area contributed by atoms with Crippen molar-refractivity contribution in [3.63, 3.8) is 0 Å². The first-order valence-corrected chi connectivity index (χ1v) is 11.3. The van der Waals surface area contributed by atoms with Crippen LogP contribution >= 0.6 is 11.3 Å². The van der Waals surface area contributed by atoms with Gasteiger partial charge in [-0.25, -0.2) is 0 Å². The molecule has 1 aliphatic rings. The average molecular weight is 419 g/mol. The highest BCUT2D eigenvalue weighted by Gasteiger charge is 2.28. The van der Waals surface area contributed by atoms with Crippen LogP contribution in [0.1, 0.15) is 17.5 Å². The van der Waals surface area contributed by atoms with Crippen molar-refractivity contribution >= 4 is 23.2 Å². The first kappa shape index (κ1) is 20.4. The third-order valence-corrected chi connectivity index (χ3v) is 6.49. The van der Waals surface area contributed by atoms with Crippen molar-refractivity contribution in [1.82, 2.24) is 10.2 Å². The predicted octanol–water partition coefficient (Wildman–Crippen LogP) is 4.17. The summed E-state index contributed by atoms with van der Waals surface area (Å²) >= 11 is 1.70. The minimum absolute atomic E-state index is 0.0364. The zero-order chi connectivity index (χ0) is 20.8. The summed E-state index contributed by atoms with van der Waals surface area (Å²) in [6.07, 6.45) is 1.82. The lowest BCUT2D eigenvalue weighted by atomic mass is 9.94. The summed E-state index contributed by atoms with van der Waals surface area (Å²) in [5.41, 5.74) is 3.49. The van der Waals surface area contributed by atoms with Gasteiger partial charge in [-0.1, -0.05) is 60.7 Å². The number of benzene rings is 2. The van der Waals surface area contributed by atoms with E-state index < -0.39 is 0 Å². The van der Waals surface area contributed by atoms with Crippen LogP contribution in [0.3, 0.4) is 0 Å². The van der Waals surface area contributed by atoms with Crippen molar-refractivity contribution in [2.24, 2.45) is 5.92 Å². The molecule has 5 heteroatoms. The van der Waals surface area contributed by atoms with Crippen molar-refractivity contribution in [3.8, 4) is 10.4 Å². The number of amides is 2. The molecule has 1 saturated heterocycles. The number of carbonyl (C=O) groups excluding carboxylic acids is 2. The van der Waals surface area contributed by atoms with Gasteiger partial charge in [-0.15, -0.1) is 11.3 Å². The van der Waals surface area contributed by atoms with E-state index in [1.54, 1.807) is 11.3 Å². The van der Waals surface area contributed by atoms with E-state index >= 15 is 0 Å². The standard InChI is InChI=1S/C25H26N2O2S/c28-24(13-12-19-7-2-1-3-8-19)27-15-14-26-25(29)21(18-27)17-20-9-4-5-10-22(20)23-11-6-16-30-23/h1-11,16,21H,12-15,17-18H2,(H,26,29). The number of nitrogens with one attached hydrogen (secondary N) is 1. The fraction of sp³-hybridized carbons (Fsp3) is 0.280. The highest BCUT2D eigenvalue weighted by Crippen LogP contribution is 2.30. The fourth-order valence-electron chi connectivity index (χ4n) is 3.97. The van der Waals surface area contributed by atoms with Gasteiger partial charge in [-0.3, -0.25) is 9.59 Å². The molecule has 0 bridgehead atoms. The lowest BCUT2D eigenvalue weighted by molar-refractivity contribution is -0.132. The molecule has 0 aliphatic carbocycles. The number of aryl methyl sites for hydroxylation is 1. The van der Waals surface area contributed by atoms with Crippen LogP contribution in [0.25, 0.3) is 10.4 Å². The molecule has 2 amide bonds. The van der Waals surface area contributed by atoms with Gasteiger partial charge in [0.2, 0.25) is 11.8 Å². The molecule has 1 atom stereocenters. The largest absolute Gasteiger partial charge is 0.354 e. The van der Waals surface area contributed by atoms with Crippen LogP contribution < -0.4 is 5.32 Å². The molecule has 3 aromatic rings. The molecule has 1 aliphatic heterocycles. The van der Waals surface area contributed by atoms with Crippen LogP contribution in [0, 0.1) is 5.92 Å². The van der Waals surface area contributed by atoms with E-state index in [0.717, 1.165) is 17.5 Å². The molecule has 0 radical (unpaired) electrons. The van der Waals surface area contributed by atoms with Gasteiger partial charge in [0, 0.05) is 30.9 Å². The van der Waals surface area contributed by atoms with Crippen LogP contribution in [-0.4, -0.2) is 36.3 Å². The summed E-state index contributed by atoms with van der Waals surface area (Å²) in [5.74, 6) is -0.0875. The Bertz CT molecular complexity index is 985. The van der Waals surface area contributed by atoms with Gasteiger partial charge in [0.1, 0.15) is 0 Å². The summed E-state index contributed by atoms with van der Waals surface area (Å²) in [6.45, 7) is 1.56. The third kappa shape index (κ3) is 4.97. The normalized spacial score (nSPS) is 16.7. The monoisotopic (exact) mass is 418 g/mol. The Morgan fingerprint density at radius 1 is 1.03 bits per heavy atom. The number of nitrogens with zero attached hydrogens (tertiary/aromatic N) is 1. The maximum atomic E-state index is 12.9. The Morgan fingerprint density at radius 3 is 2.63 bits per heavy atom. The summed E-state index contributed by atoms with van der Waals surface area (Å²) < 4.78 is 0. The van der Waals surface area contributed by atoms with Gasteiger partial charge < -0.3 is 10.2 Å². The molecule has 30 heavy (non-hydrogen) atoms. The van der Waals surface area contributed by atoms with Gasteiger partial charge in [0.05, 0.1) is 5.92 Å². The lowest BCUT2D eigenvalue weighted by Crippen LogP contribution is -2.37. The topological polar surface area (TPSA) is 49.4 Å². The molecule has 2 aromatic carbocycles. The Morgan fingerprint density at radius 2 is 1.83 bits per heavy atom. The molecule has 0 spiro atoms. The zero-order valence-corrected chi connectivity index (χ0v) is 17.7. The molecule has 1 N–H and O–H groups in total. The lowest BCUT2D eigenvalue weighted by Gasteiger charge is -2.24. The maximum absolute atomic E-state index is 12.9. The number of rotatable bonds is 6. The van der Waals surface area contributed by atoms with Crippen molar-refractivity contribution in [2.75, 3.05) is 19.6 Å².